The van der Waals surface area contributed by atoms with Crippen molar-refractivity contribution in [2.75, 3.05) is 26.7 Å². The van der Waals surface area contributed by atoms with Gasteiger partial charge < -0.3 is 20.2 Å². The molecule has 0 aromatic carbocycles. The predicted molar refractivity (Wildman–Crippen MR) is 115 cm³/mol. The van der Waals surface area contributed by atoms with Crippen LogP contribution in [0.2, 0.25) is 0 Å². The second kappa shape index (κ2) is 20.9. The molecule has 0 aromatic rings. The predicted octanol–water partition coefficient (Wildman–Crippen LogP) is 4.82. The Kier molecular flexibility index (Phi) is 20.2. The third-order valence-corrected chi connectivity index (χ3v) is 5.33. The molecule has 0 aliphatic heterocycles. The molecule has 168 valence electrons. The molecule has 0 aromatic heterocycles. The van der Waals surface area contributed by atoms with Crippen LogP contribution in [0, 0.1) is 0 Å². The number of amides is 2. The van der Waals surface area contributed by atoms with Crippen molar-refractivity contribution in [3.05, 3.63) is 0 Å². The van der Waals surface area contributed by atoms with Gasteiger partial charge in [-0.2, -0.15) is 0 Å². The van der Waals surface area contributed by atoms with Gasteiger partial charge in [0.2, 0.25) is 0 Å². The molecule has 0 radical (unpaired) electrons. The molecular formula is C22H46N2O4. The highest BCUT2D eigenvalue weighted by Gasteiger charge is 2.18. The minimum absolute atomic E-state index is 0.395. The zero-order chi connectivity index (χ0) is 20.9. The maximum atomic E-state index is 11.9. The van der Waals surface area contributed by atoms with Gasteiger partial charge in [-0.05, 0) is 6.42 Å². The Morgan fingerprint density at radius 1 is 0.536 bits per heavy atom. The van der Waals surface area contributed by atoms with Crippen LogP contribution in [-0.4, -0.2) is 57.9 Å². The van der Waals surface area contributed by atoms with Crippen molar-refractivity contribution in [2.45, 2.75) is 110 Å². The topological polar surface area (TPSA) is 84.2 Å². The van der Waals surface area contributed by atoms with E-state index in [4.69, 9.17) is 10.2 Å². The van der Waals surface area contributed by atoms with Crippen molar-refractivity contribution in [1.29, 1.82) is 0 Å². The Hall–Kier alpha value is -0.850. The van der Waals surface area contributed by atoms with Gasteiger partial charge in [0, 0.05) is 6.54 Å². The van der Waals surface area contributed by atoms with E-state index < -0.39 is 26.2 Å². The lowest BCUT2D eigenvalue weighted by atomic mass is 10.0. The molecule has 0 saturated heterocycles. The number of hydrogen-bond donors (Lipinski definition) is 3. The number of rotatable bonds is 20. The molecule has 2 amide bonds. The Bertz CT molecular complexity index is 338. The quantitative estimate of drug-likeness (QED) is 0.201. The summed E-state index contributed by atoms with van der Waals surface area (Å²) >= 11 is 0. The van der Waals surface area contributed by atoms with Gasteiger partial charge in [-0.15, -0.1) is 0 Å². The first-order valence-corrected chi connectivity index (χ1v) is 11.6. The van der Waals surface area contributed by atoms with Gasteiger partial charge in [0.1, 0.15) is 20.2 Å². The zero-order valence-electron chi connectivity index (χ0n) is 18.3. The second-order valence-corrected chi connectivity index (χ2v) is 7.81. The van der Waals surface area contributed by atoms with Crippen LogP contribution in [0.1, 0.15) is 110 Å². The third-order valence-electron chi connectivity index (χ3n) is 5.33. The van der Waals surface area contributed by atoms with Crippen LogP contribution in [0.4, 0.5) is 4.79 Å². The van der Waals surface area contributed by atoms with Crippen LogP contribution in [0.5, 0.6) is 0 Å². The normalized spacial score (nSPS) is 11.0. The minimum atomic E-state index is -0.551. The molecule has 0 fully saturated rings. The molecule has 6 nitrogen and oxygen atoms in total. The van der Waals surface area contributed by atoms with Gasteiger partial charge in [-0.25, -0.2) is 4.79 Å². The highest BCUT2D eigenvalue weighted by Crippen LogP contribution is 2.14. The molecule has 6 heteroatoms. The van der Waals surface area contributed by atoms with Gasteiger partial charge in [0.25, 0.3) is 0 Å². The van der Waals surface area contributed by atoms with Gasteiger partial charge in [-0.1, -0.05) is 103 Å². The maximum absolute atomic E-state index is 11.9. The molecule has 0 aliphatic carbocycles. The highest BCUT2D eigenvalue weighted by molar-refractivity contribution is 5.73. The molecular weight excluding hydrogens is 356 g/mol. The largest absolute Gasteiger partial charge is 0.376 e. The van der Waals surface area contributed by atoms with Gasteiger partial charge in [0.15, 0.2) is 0 Å². The second-order valence-electron chi connectivity index (χ2n) is 7.81. The van der Waals surface area contributed by atoms with Crippen LogP contribution < -0.4 is 0 Å². The summed E-state index contributed by atoms with van der Waals surface area (Å²) in [7, 11) is 0. The standard InChI is InChI=1S/C22H46N2O4/c1-2-3-4-5-6-7-8-9-10-11-12-13-14-15-16-17-18-23(19-25)22(28)24(20-26)21-27/h25-27H,2-21H2,1H3. The van der Waals surface area contributed by atoms with Crippen molar-refractivity contribution < 1.29 is 20.1 Å². The summed E-state index contributed by atoms with van der Waals surface area (Å²) in [6, 6.07) is -0.534. The number of nitrogens with zero attached hydrogens (tertiary/aromatic N) is 2. The maximum Gasteiger partial charge on any atom is 0.325 e. The van der Waals surface area contributed by atoms with E-state index >= 15 is 0 Å². The SMILES string of the molecule is CCCCCCCCCCCCCCCCCCN(CO)C(=O)N(CO)CO. The number of carbonyl (C=O) groups is 1. The molecule has 0 spiro atoms. The van der Waals surface area contributed by atoms with Crippen LogP contribution in [0.25, 0.3) is 0 Å². The van der Waals surface area contributed by atoms with Gasteiger partial charge >= 0.3 is 6.03 Å². The van der Waals surface area contributed by atoms with Crippen LogP contribution >= 0.6 is 0 Å². The monoisotopic (exact) mass is 402 g/mol. The average molecular weight is 403 g/mol. The van der Waals surface area contributed by atoms with Crippen molar-refractivity contribution in [3.63, 3.8) is 0 Å². The van der Waals surface area contributed by atoms with Crippen molar-refractivity contribution in [2.24, 2.45) is 0 Å². The summed E-state index contributed by atoms with van der Waals surface area (Å²) in [4.78, 5) is 14.0. The highest BCUT2D eigenvalue weighted by atomic mass is 16.3. The van der Waals surface area contributed by atoms with E-state index in [0.29, 0.717) is 6.54 Å². The molecule has 0 heterocycles. The fourth-order valence-corrected chi connectivity index (χ4v) is 3.44. The first-order chi connectivity index (χ1) is 13.7. The number of aliphatic hydroxyl groups is 3. The van der Waals surface area contributed by atoms with Crippen molar-refractivity contribution in [3.8, 4) is 0 Å². The lowest BCUT2D eigenvalue weighted by Crippen LogP contribution is -2.44. The first kappa shape index (κ1) is 27.1. The Morgan fingerprint density at radius 3 is 1.18 bits per heavy atom. The summed E-state index contributed by atoms with van der Waals surface area (Å²) in [6.07, 6.45) is 20.7. The first-order valence-electron chi connectivity index (χ1n) is 11.6. The number of aliphatic hydroxyl groups excluding tert-OH is 3. The van der Waals surface area contributed by atoms with Gasteiger partial charge in [-0.3, -0.25) is 4.90 Å². The lowest BCUT2D eigenvalue weighted by molar-refractivity contribution is 0.0256. The van der Waals surface area contributed by atoms with Crippen LogP contribution in [0.3, 0.4) is 0 Å². The Balaban J connectivity index is 3.40. The molecule has 0 bridgehead atoms. The molecule has 0 unspecified atom stereocenters. The van der Waals surface area contributed by atoms with E-state index in [0.717, 1.165) is 24.2 Å². The number of urea groups is 1. The van der Waals surface area contributed by atoms with E-state index in [-0.39, 0.29) is 0 Å². The molecule has 0 atom stereocenters. The van der Waals surface area contributed by atoms with E-state index in [1.807, 2.05) is 0 Å². The number of hydrogen-bond acceptors (Lipinski definition) is 4. The van der Waals surface area contributed by atoms with Crippen LogP contribution in [0.15, 0.2) is 0 Å². The third kappa shape index (κ3) is 15.1. The zero-order valence-corrected chi connectivity index (χ0v) is 18.3. The van der Waals surface area contributed by atoms with E-state index in [9.17, 15) is 9.90 Å². The smallest absolute Gasteiger partial charge is 0.325 e. The Morgan fingerprint density at radius 2 is 0.857 bits per heavy atom. The molecule has 0 aliphatic rings. The number of carbonyl (C=O) groups excluding carboxylic acids is 1. The summed E-state index contributed by atoms with van der Waals surface area (Å²) in [5.41, 5.74) is 0. The van der Waals surface area contributed by atoms with Gasteiger partial charge in [0.05, 0.1) is 0 Å². The van der Waals surface area contributed by atoms with E-state index in [1.54, 1.807) is 0 Å². The summed E-state index contributed by atoms with van der Waals surface area (Å²) in [6.45, 7) is 1.22. The van der Waals surface area contributed by atoms with Crippen molar-refractivity contribution >= 4 is 6.03 Å². The molecule has 28 heavy (non-hydrogen) atoms. The lowest BCUT2D eigenvalue weighted by Gasteiger charge is -2.26. The van der Waals surface area contributed by atoms with Crippen molar-refractivity contribution in [1.82, 2.24) is 9.80 Å². The Labute approximate surface area is 172 Å². The molecule has 0 rings (SSSR count). The fourth-order valence-electron chi connectivity index (χ4n) is 3.44. The minimum Gasteiger partial charge on any atom is -0.376 e. The van der Waals surface area contributed by atoms with E-state index in [1.165, 1.54) is 88.4 Å². The summed E-state index contributed by atoms with van der Waals surface area (Å²) in [5.74, 6) is 0. The summed E-state index contributed by atoms with van der Waals surface area (Å²) in [5, 5.41) is 27.3. The van der Waals surface area contributed by atoms with E-state index in [2.05, 4.69) is 6.92 Å². The van der Waals surface area contributed by atoms with Crippen LogP contribution in [-0.2, 0) is 0 Å². The molecule has 3 N–H and O–H groups in total. The average Bonchev–Trinajstić information content (AvgIpc) is 2.71. The number of unbranched alkanes of at least 4 members (excludes halogenated alkanes) is 15. The molecule has 0 saturated carbocycles. The fraction of sp³-hybridized carbons (Fsp3) is 0.955. The summed E-state index contributed by atoms with van der Waals surface area (Å²) < 4.78 is 0.